The van der Waals surface area contributed by atoms with Crippen molar-refractivity contribution in [1.82, 2.24) is 4.90 Å². The predicted molar refractivity (Wildman–Crippen MR) is 80.5 cm³/mol. The number of rotatable bonds is 3. The molecule has 0 atom stereocenters. The highest BCUT2D eigenvalue weighted by molar-refractivity contribution is 5.89. The van der Waals surface area contributed by atoms with Crippen molar-refractivity contribution in [1.29, 1.82) is 0 Å². The van der Waals surface area contributed by atoms with Crippen LogP contribution in [0.15, 0.2) is 18.2 Å². The maximum atomic E-state index is 13.2. The molecule has 0 fully saturated rings. The second-order valence-corrected chi connectivity index (χ2v) is 6.20. The Labute approximate surface area is 138 Å². The molecule has 0 saturated carbocycles. The number of carbonyl (C=O) groups excluding carboxylic acids is 2. The van der Waals surface area contributed by atoms with Gasteiger partial charge in [-0.2, -0.15) is 13.2 Å². The first-order valence-electron chi connectivity index (χ1n) is 7.07. The van der Waals surface area contributed by atoms with Gasteiger partial charge in [-0.3, -0.25) is 0 Å². The molecule has 0 aliphatic heterocycles. The van der Waals surface area contributed by atoms with Crippen LogP contribution in [0.3, 0.4) is 0 Å². The highest BCUT2D eigenvalue weighted by Crippen LogP contribution is 2.33. The summed E-state index contributed by atoms with van der Waals surface area (Å²) in [7, 11) is 2.42. The van der Waals surface area contributed by atoms with Gasteiger partial charge in [-0.25, -0.2) is 9.59 Å². The zero-order chi connectivity index (χ0) is 18.7. The quantitative estimate of drug-likeness (QED) is 0.779. The van der Waals surface area contributed by atoms with Crippen LogP contribution < -0.4 is 0 Å². The molecule has 134 valence electrons. The molecular formula is C16H20F3NO4. The van der Waals surface area contributed by atoms with Gasteiger partial charge in [0.05, 0.1) is 18.2 Å². The van der Waals surface area contributed by atoms with E-state index >= 15 is 0 Å². The standard InChI is InChI=1S/C16H20F3NO4/c1-15(2,3)24-14(22)20(4)9-11-7-6-10(13(21)23-5)8-12(11)16(17,18)19/h6-8H,9H2,1-5H3. The molecule has 0 spiro atoms. The Bertz CT molecular complexity index is 621. The van der Waals surface area contributed by atoms with E-state index < -0.39 is 29.4 Å². The molecule has 0 aliphatic rings. The number of alkyl halides is 3. The van der Waals surface area contributed by atoms with Gasteiger partial charge in [-0.15, -0.1) is 0 Å². The van der Waals surface area contributed by atoms with Crippen molar-refractivity contribution in [3.8, 4) is 0 Å². The fourth-order valence-electron chi connectivity index (χ4n) is 1.88. The highest BCUT2D eigenvalue weighted by Gasteiger charge is 2.35. The van der Waals surface area contributed by atoms with E-state index in [1.807, 2.05) is 0 Å². The van der Waals surface area contributed by atoms with Gasteiger partial charge in [0, 0.05) is 13.6 Å². The summed E-state index contributed by atoms with van der Waals surface area (Å²) >= 11 is 0. The number of hydrogen-bond acceptors (Lipinski definition) is 4. The average molecular weight is 347 g/mol. The lowest BCUT2D eigenvalue weighted by Crippen LogP contribution is -2.34. The fraction of sp³-hybridized carbons (Fsp3) is 0.500. The van der Waals surface area contributed by atoms with Crippen molar-refractivity contribution >= 4 is 12.1 Å². The molecule has 1 amide bonds. The molecule has 1 aromatic carbocycles. The molecular weight excluding hydrogens is 327 g/mol. The van der Waals surface area contributed by atoms with E-state index in [1.54, 1.807) is 20.8 Å². The number of esters is 1. The number of hydrogen-bond donors (Lipinski definition) is 0. The fourth-order valence-corrected chi connectivity index (χ4v) is 1.88. The van der Waals surface area contributed by atoms with E-state index in [2.05, 4.69) is 4.74 Å². The molecule has 0 radical (unpaired) electrons. The molecule has 24 heavy (non-hydrogen) atoms. The van der Waals surface area contributed by atoms with Crippen LogP contribution in [-0.4, -0.2) is 36.7 Å². The van der Waals surface area contributed by atoms with Gasteiger partial charge in [0.2, 0.25) is 0 Å². The van der Waals surface area contributed by atoms with Crippen LogP contribution in [0.4, 0.5) is 18.0 Å². The summed E-state index contributed by atoms with van der Waals surface area (Å²) in [5.74, 6) is -0.868. The van der Waals surface area contributed by atoms with Crippen molar-refractivity contribution in [2.24, 2.45) is 0 Å². The number of benzene rings is 1. The molecule has 0 saturated heterocycles. The van der Waals surface area contributed by atoms with Crippen molar-refractivity contribution in [2.75, 3.05) is 14.2 Å². The van der Waals surface area contributed by atoms with E-state index in [1.165, 1.54) is 13.1 Å². The number of carbonyl (C=O) groups is 2. The lowest BCUT2D eigenvalue weighted by atomic mass is 10.0. The van der Waals surface area contributed by atoms with Crippen molar-refractivity contribution in [3.05, 3.63) is 34.9 Å². The Balaban J connectivity index is 3.11. The van der Waals surface area contributed by atoms with Crippen LogP contribution in [0, 0.1) is 0 Å². The van der Waals surface area contributed by atoms with Crippen LogP contribution in [0.2, 0.25) is 0 Å². The van der Waals surface area contributed by atoms with Crippen molar-refractivity contribution in [2.45, 2.75) is 39.1 Å². The SMILES string of the molecule is COC(=O)c1ccc(CN(C)C(=O)OC(C)(C)C)c(C(F)(F)F)c1. The zero-order valence-corrected chi connectivity index (χ0v) is 14.2. The summed E-state index contributed by atoms with van der Waals surface area (Å²) in [6, 6.07) is 3.08. The van der Waals surface area contributed by atoms with E-state index in [0.29, 0.717) is 6.07 Å². The Morgan fingerprint density at radius 2 is 1.75 bits per heavy atom. The molecule has 0 N–H and O–H groups in total. The second-order valence-electron chi connectivity index (χ2n) is 6.20. The van der Waals surface area contributed by atoms with Gasteiger partial charge in [0.1, 0.15) is 5.60 Å². The first kappa shape index (κ1) is 19.8. The Kier molecular flexibility index (Phi) is 5.86. The molecule has 1 aromatic rings. The number of halogens is 3. The van der Waals surface area contributed by atoms with Gasteiger partial charge in [0.15, 0.2) is 0 Å². The molecule has 0 aromatic heterocycles. The first-order chi connectivity index (χ1) is 10.8. The molecule has 1 rings (SSSR count). The molecule has 0 aliphatic carbocycles. The molecule has 0 unspecified atom stereocenters. The minimum atomic E-state index is -4.67. The average Bonchev–Trinajstić information content (AvgIpc) is 2.43. The summed E-state index contributed by atoms with van der Waals surface area (Å²) in [5, 5.41) is 0. The largest absolute Gasteiger partial charge is 0.465 e. The van der Waals surface area contributed by atoms with E-state index in [4.69, 9.17) is 4.74 Å². The third-order valence-corrected chi connectivity index (χ3v) is 2.95. The van der Waals surface area contributed by atoms with Crippen LogP contribution in [0.1, 0.15) is 42.3 Å². The minimum absolute atomic E-state index is 0.150. The number of ether oxygens (including phenoxy) is 2. The molecule has 0 heterocycles. The predicted octanol–water partition coefficient (Wildman–Crippen LogP) is 3.86. The maximum absolute atomic E-state index is 13.2. The van der Waals surface area contributed by atoms with Gasteiger partial charge in [0.25, 0.3) is 0 Å². The summed E-state index contributed by atoms with van der Waals surface area (Å²) in [6.45, 7) is 4.66. The maximum Gasteiger partial charge on any atom is 0.416 e. The van der Waals surface area contributed by atoms with Crippen LogP contribution in [0.25, 0.3) is 0 Å². The lowest BCUT2D eigenvalue weighted by molar-refractivity contribution is -0.138. The Morgan fingerprint density at radius 1 is 1.17 bits per heavy atom. The molecule has 5 nitrogen and oxygen atoms in total. The monoisotopic (exact) mass is 347 g/mol. The van der Waals surface area contributed by atoms with Gasteiger partial charge >= 0.3 is 18.2 Å². The summed E-state index contributed by atoms with van der Waals surface area (Å²) < 4.78 is 49.2. The first-order valence-corrected chi connectivity index (χ1v) is 7.07. The topological polar surface area (TPSA) is 55.8 Å². The van der Waals surface area contributed by atoms with Crippen molar-refractivity contribution in [3.63, 3.8) is 0 Å². The van der Waals surface area contributed by atoms with Crippen LogP contribution in [-0.2, 0) is 22.2 Å². The number of methoxy groups -OCH3 is 1. The Morgan fingerprint density at radius 3 is 2.21 bits per heavy atom. The van der Waals surface area contributed by atoms with E-state index in [9.17, 15) is 22.8 Å². The summed E-state index contributed by atoms with van der Waals surface area (Å²) in [4.78, 5) is 24.3. The summed E-state index contributed by atoms with van der Waals surface area (Å²) in [5.41, 5.74) is -2.12. The van der Waals surface area contributed by atoms with Gasteiger partial charge in [-0.1, -0.05) is 6.07 Å². The normalized spacial score (nSPS) is 11.8. The number of amides is 1. The van der Waals surface area contributed by atoms with Gasteiger partial charge < -0.3 is 14.4 Å². The van der Waals surface area contributed by atoms with Crippen LogP contribution in [0.5, 0.6) is 0 Å². The molecule has 8 heteroatoms. The van der Waals surface area contributed by atoms with E-state index in [-0.39, 0.29) is 17.7 Å². The third-order valence-electron chi connectivity index (χ3n) is 2.95. The van der Waals surface area contributed by atoms with Crippen molar-refractivity contribution < 1.29 is 32.2 Å². The minimum Gasteiger partial charge on any atom is -0.465 e. The molecule has 0 bridgehead atoms. The highest BCUT2D eigenvalue weighted by atomic mass is 19.4. The van der Waals surface area contributed by atoms with Gasteiger partial charge in [-0.05, 0) is 38.5 Å². The zero-order valence-electron chi connectivity index (χ0n) is 14.2. The van der Waals surface area contributed by atoms with E-state index in [0.717, 1.165) is 18.1 Å². The Hall–Kier alpha value is -2.25. The van der Waals surface area contributed by atoms with Crippen LogP contribution >= 0.6 is 0 Å². The summed E-state index contributed by atoms with van der Waals surface area (Å²) in [6.07, 6.45) is -5.42. The smallest absolute Gasteiger partial charge is 0.416 e. The second kappa shape index (κ2) is 7.11. The number of nitrogens with zero attached hydrogens (tertiary/aromatic N) is 1. The lowest BCUT2D eigenvalue weighted by Gasteiger charge is -2.25. The third kappa shape index (κ3) is 5.43.